The maximum Gasteiger partial charge on any atom is 0.230 e. The summed E-state index contributed by atoms with van der Waals surface area (Å²) in [7, 11) is 0. The summed E-state index contributed by atoms with van der Waals surface area (Å²) in [5.74, 6) is 0.311. The second-order valence-electron chi connectivity index (χ2n) is 4.60. The zero-order valence-electron chi connectivity index (χ0n) is 10.9. The van der Waals surface area contributed by atoms with Crippen molar-refractivity contribution in [3.05, 3.63) is 59.1 Å². The average molecular weight is 285 g/mol. The zero-order valence-corrected chi connectivity index (χ0v) is 11.7. The molecule has 0 amide bonds. The Hall–Kier alpha value is -2.26. The molecular weight excluding hydrogens is 272 g/mol. The van der Waals surface area contributed by atoms with Crippen LogP contribution in [-0.4, -0.2) is 5.16 Å². The Balaban J connectivity index is 2.24. The summed E-state index contributed by atoms with van der Waals surface area (Å²) in [6, 6.07) is 15.5. The molecule has 3 rings (SSSR count). The number of halogens is 1. The lowest BCUT2D eigenvalue weighted by atomic mass is 9.98. The molecule has 4 heteroatoms. The second kappa shape index (κ2) is 5.02. The Morgan fingerprint density at radius 3 is 2.60 bits per heavy atom. The highest BCUT2D eigenvalue weighted by atomic mass is 35.5. The predicted molar refractivity (Wildman–Crippen MR) is 81.5 cm³/mol. The molecule has 0 fully saturated rings. The summed E-state index contributed by atoms with van der Waals surface area (Å²) in [4.78, 5) is 0. The van der Waals surface area contributed by atoms with Crippen molar-refractivity contribution in [1.29, 1.82) is 0 Å². The first-order chi connectivity index (χ1) is 9.66. The number of aryl methyl sites for hydroxylation is 1. The summed E-state index contributed by atoms with van der Waals surface area (Å²) < 4.78 is 5.18. The van der Waals surface area contributed by atoms with Crippen molar-refractivity contribution in [2.24, 2.45) is 0 Å². The van der Waals surface area contributed by atoms with E-state index in [1.165, 1.54) is 0 Å². The highest BCUT2D eigenvalue weighted by molar-refractivity contribution is 6.30. The summed E-state index contributed by atoms with van der Waals surface area (Å²) >= 11 is 6.08. The van der Waals surface area contributed by atoms with Crippen molar-refractivity contribution in [2.45, 2.75) is 6.92 Å². The average Bonchev–Trinajstić information content (AvgIpc) is 2.84. The standard InChI is InChI=1S/C16H13ClN2O/c1-10-7-8-12(17)9-13(10)15-14(16(18)20-19-15)11-5-3-2-4-6-11/h2-9H,18H2,1H3. The van der Waals surface area contributed by atoms with Crippen LogP contribution < -0.4 is 5.73 Å². The SMILES string of the molecule is Cc1ccc(Cl)cc1-c1noc(N)c1-c1ccccc1. The number of hydrogen-bond acceptors (Lipinski definition) is 3. The molecule has 0 saturated heterocycles. The molecule has 3 aromatic rings. The first kappa shape index (κ1) is 12.8. The Morgan fingerprint density at radius 1 is 1.10 bits per heavy atom. The molecule has 2 N–H and O–H groups in total. The van der Waals surface area contributed by atoms with Crippen LogP contribution in [-0.2, 0) is 0 Å². The highest BCUT2D eigenvalue weighted by Crippen LogP contribution is 2.38. The molecule has 1 aromatic heterocycles. The quantitative estimate of drug-likeness (QED) is 0.751. The van der Waals surface area contributed by atoms with Crippen molar-refractivity contribution < 1.29 is 4.52 Å². The van der Waals surface area contributed by atoms with Gasteiger partial charge in [-0.25, -0.2) is 0 Å². The maximum atomic E-state index is 6.08. The minimum Gasteiger partial charge on any atom is -0.367 e. The lowest BCUT2D eigenvalue weighted by molar-refractivity contribution is 0.439. The molecule has 2 aromatic carbocycles. The van der Waals surface area contributed by atoms with Gasteiger partial charge in [-0.2, -0.15) is 0 Å². The fraction of sp³-hybridized carbons (Fsp3) is 0.0625. The van der Waals surface area contributed by atoms with Gasteiger partial charge in [0.1, 0.15) is 5.69 Å². The minimum atomic E-state index is 0.311. The molecular formula is C16H13ClN2O. The molecule has 1 heterocycles. The Kier molecular flexibility index (Phi) is 3.20. The van der Waals surface area contributed by atoms with Crippen molar-refractivity contribution in [1.82, 2.24) is 5.16 Å². The zero-order chi connectivity index (χ0) is 14.1. The highest BCUT2D eigenvalue weighted by Gasteiger charge is 2.18. The van der Waals surface area contributed by atoms with Crippen LogP contribution in [0.4, 0.5) is 5.88 Å². The summed E-state index contributed by atoms with van der Waals surface area (Å²) in [6.45, 7) is 2.01. The number of benzene rings is 2. The molecule has 0 spiro atoms. The van der Waals surface area contributed by atoms with Gasteiger partial charge in [0.05, 0.1) is 5.56 Å². The van der Waals surface area contributed by atoms with Gasteiger partial charge in [-0.15, -0.1) is 0 Å². The summed E-state index contributed by atoms with van der Waals surface area (Å²) in [5, 5.41) is 4.76. The van der Waals surface area contributed by atoms with Crippen molar-refractivity contribution in [3.63, 3.8) is 0 Å². The van der Waals surface area contributed by atoms with E-state index in [0.29, 0.717) is 16.6 Å². The summed E-state index contributed by atoms with van der Waals surface area (Å²) in [6.07, 6.45) is 0. The number of nitrogens with zero attached hydrogens (tertiary/aromatic N) is 1. The molecule has 0 radical (unpaired) electrons. The van der Waals surface area contributed by atoms with E-state index in [4.69, 9.17) is 21.9 Å². The second-order valence-corrected chi connectivity index (χ2v) is 5.03. The topological polar surface area (TPSA) is 52.0 Å². The van der Waals surface area contributed by atoms with Crippen LogP contribution in [0.25, 0.3) is 22.4 Å². The van der Waals surface area contributed by atoms with E-state index in [1.807, 2.05) is 55.5 Å². The third-order valence-electron chi connectivity index (χ3n) is 3.24. The van der Waals surface area contributed by atoms with Crippen LogP contribution in [0.1, 0.15) is 5.56 Å². The van der Waals surface area contributed by atoms with Gasteiger partial charge in [-0.3, -0.25) is 0 Å². The molecule has 0 unspecified atom stereocenters. The van der Waals surface area contributed by atoms with Crippen LogP contribution in [0, 0.1) is 6.92 Å². The minimum absolute atomic E-state index is 0.311. The predicted octanol–water partition coefficient (Wildman–Crippen LogP) is 4.55. The van der Waals surface area contributed by atoms with Crippen molar-refractivity contribution in [3.8, 4) is 22.4 Å². The lowest BCUT2D eigenvalue weighted by Crippen LogP contribution is -1.89. The molecule has 0 aliphatic heterocycles. The third-order valence-corrected chi connectivity index (χ3v) is 3.47. The van der Waals surface area contributed by atoms with Crippen LogP contribution >= 0.6 is 11.6 Å². The fourth-order valence-corrected chi connectivity index (χ4v) is 2.39. The van der Waals surface area contributed by atoms with Gasteiger partial charge in [-0.05, 0) is 30.2 Å². The van der Waals surface area contributed by atoms with Gasteiger partial charge in [0.2, 0.25) is 5.88 Å². The van der Waals surface area contributed by atoms with Gasteiger partial charge < -0.3 is 10.3 Å². The van der Waals surface area contributed by atoms with Crippen LogP contribution in [0.2, 0.25) is 5.02 Å². The smallest absolute Gasteiger partial charge is 0.230 e. The van der Waals surface area contributed by atoms with Gasteiger partial charge in [0, 0.05) is 10.6 Å². The number of nitrogen functional groups attached to an aromatic ring is 1. The number of hydrogen-bond donors (Lipinski definition) is 1. The number of aromatic nitrogens is 1. The lowest BCUT2D eigenvalue weighted by Gasteiger charge is -2.06. The van der Waals surface area contributed by atoms with E-state index in [0.717, 1.165) is 22.3 Å². The van der Waals surface area contributed by atoms with E-state index < -0.39 is 0 Å². The van der Waals surface area contributed by atoms with Crippen molar-refractivity contribution in [2.75, 3.05) is 5.73 Å². The van der Waals surface area contributed by atoms with E-state index in [-0.39, 0.29) is 0 Å². The first-order valence-electron chi connectivity index (χ1n) is 6.24. The fourth-order valence-electron chi connectivity index (χ4n) is 2.22. The summed E-state index contributed by atoms with van der Waals surface area (Å²) in [5.41, 5.74) is 10.4. The third kappa shape index (κ3) is 2.17. The molecule has 0 aliphatic carbocycles. The van der Waals surface area contributed by atoms with E-state index in [9.17, 15) is 0 Å². The number of anilines is 1. The van der Waals surface area contributed by atoms with Crippen LogP contribution in [0.5, 0.6) is 0 Å². The van der Waals surface area contributed by atoms with Crippen LogP contribution in [0.3, 0.4) is 0 Å². The Bertz CT molecular complexity index is 750. The van der Waals surface area contributed by atoms with E-state index in [1.54, 1.807) is 0 Å². The first-order valence-corrected chi connectivity index (χ1v) is 6.61. The Morgan fingerprint density at radius 2 is 1.85 bits per heavy atom. The molecule has 0 atom stereocenters. The monoisotopic (exact) mass is 284 g/mol. The van der Waals surface area contributed by atoms with E-state index >= 15 is 0 Å². The van der Waals surface area contributed by atoms with Gasteiger partial charge >= 0.3 is 0 Å². The van der Waals surface area contributed by atoms with Gasteiger partial charge in [-0.1, -0.05) is 53.2 Å². The van der Waals surface area contributed by atoms with Crippen LogP contribution in [0.15, 0.2) is 53.1 Å². The molecule has 20 heavy (non-hydrogen) atoms. The molecule has 0 saturated carbocycles. The largest absolute Gasteiger partial charge is 0.367 e. The van der Waals surface area contributed by atoms with Gasteiger partial charge in [0.15, 0.2) is 0 Å². The van der Waals surface area contributed by atoms with Gasteiger partial charge in [0.25, 0.3) is 0 Å². The molecule has 100 valence electrons. The normalized spacial score (nSPS) is 10.7. The Labute approximate surface area is 122 Å². The molecule has 0 aliphatic rings. The molecule has 3 nitrogen and oxygen atoms in total. The maximum absolute atomic E-state index is 6.08. The molecule has 0 bridgehead atoms. The van der Waals surface area contributed by atoms with E-state index in [2.05, 4.69) is 5.16 Å². The van der Waals surface area contributed by atoms with Crippen molar-refractivity contribution >= 4 is 17.5 Å². The number of nitrogens with two attached hydrogens (primary N) is 1. The number of rotatable bonds is 2.